The van der Waals surface area contributed by atoms with Crippen LogP contribution in [-0.4, -0.2) is 40.4 Å². The van der Waals surface area contributed by atoms with Gasteiger partial charge in [0.15, 0.2) is 0 Å². The van der Waals surface area contributed by atoms with Crippen molar-refractivity contribution in [2.45, 2.75) is 38.1 Å². The smallest absolute Gasteiger partial charge is 0.257 e. The van der Waals surface area contributed by atoms with Crippen molar-refractivity contribution in [1.82, 2.24) is 4.72 Å². The summed E-state index contributed by atoms with van der Waals surface area (Å²) >= 11 is 0. The lowest BCUT2D eigenvalue weighted by molar-refractivity contribution is -0.114. The van der Waals surface area contributed by atoms with E-state index in [1.54, 1.807) is 20.8 Å². The zero-order valence-corrected chi connectivity index (χ0v) is 19.9. The maximum Gasteiger partial charge on any atom is 0.257 e. The number of nitrogens with one attached hydrogen (secondary N) is 4. The molecule has 0 aliphatic rings. The van der Waals surface area contributed by atoms with Gasteiger partial charge >= 0.3 is 0 Å². The molecule has 2 aromatic rings. The summed E-state index contributed by atoms with van der Waals surface area (Å²) in [5, 5.41) is 5.08. The minimum atomic E-state index is -3.83. The van der Waals surface area contributed by atoms with E-state index >= 15 is 0 Å². The summed E-state index contributed by atoms with van der Waals surface area (Å²) in [6.07, 6.45) is 0.937. The fraction of sp³-hybridized carbons (Fsp3) is 0.300. The van der Waals surface area contributed by atoms with Crippen LogP contribution in [0.25, 0.3) is 0 Å². The van der Waals surface area contributed by atoms with Gasteiger partial charge in [-0.05, 0) is 57.2 Å². The van der Waals surface area contributed by atoms with Crippen molar-refractivity contribution in [2.24, 2.45) is 0 Å². The zero-order chi connectivity index (χ0) is 24.3. The minimum absolute atomic E-state index is 0.00252. The lowest BCUT2D eigenvalue weighted by Gasteiger charge is -2.20. The number of hydrogen-bond donors (Lipinski definition) is 4. The first-order chi connectivity index (χ1) is 14.6. The van der Waals surface area contributed by atoms with Crippen LogP contribution in [-0.2, 0) is 24.8 Å². The summed E-state index contributed by atoms with van der Waals surface area (Å²) in [6, 6.07) is 9.73. The van der Waals surface area contributed by atoms with Crippen LogP contribution in [0, 0.1) is 0 Å². The molecule has 0 aromatic heterocycles. The largest absolute Gasteiger partial charge is 0.326 e. The van der Waals surface area contributed by atoms with Crippen LogP contribution >= 0.6 is 0 Å². The van der Waals surface area contributed by atoms with Crippen LogP contribution in [0.3, 0.4) is 0 Å². The van der Waals surface area contributed by atoms with Crippen molar-refractivity contribution >= 4 is 48.9 Å². The van der Waals surface area contributed by atoms with Crippen LogP contribution in [0.15, 0.2) is 47.4 Å². The van der Waals surface area contributed by atoms with E-state index in [0.29, 0.717) is 0 Å². The Morgan fingerprint density at radius 1 is 0.875 bits per heavy atom. The van der Waals surface area contributed by atoms with Gasteiger partial charge in [0.25, 0.3) is 5.91 Å². The van der Waals surface area contributed by atoms with Gasteiger partial charge in [-0.1, -0.05) is 6.07 Å². The van der Waals surface area contributed by atoms with E-state index in [1.165, 1.54) is 49.4 Å². The Labute approximate surface area is 187 Å². The first-order valence-corrected chi connectivity index (χ1v) is 12.8. The Bertz CT molecular complexity index is 1250. The summed E-state index contributed by atoms with van der Waals surface area (Å²) in [7, 11) is -7.52. The average Bonchev–Trinajstić information content (AvgIpc) is 2.59. The molecule has 12 heteroatoms. The molecule has 0 atom stereocenters. The molecule has 0 fully saturated rings. The molecule has 0 saturated carbocycles. The molecule has 2 aromatic carbocycles. The van der Waals surface area contributed by atoms with Crippen molar-refractivity contribution in [3.05, 3.63) is 48.0 Å². The molecule has 0 unspecified atom stereocenters. The van der Waals surface area contributed by atoms with E-state index in [4.69, 9.17) is 0 Å². The summed E-state index contributed by atoms with van der Waals surface area (Å²) < 4.78 is 53.3. The van der Waals surface area contributed by atoms with Crippen LogP contribution in [0.4, 0.5) is 17.1 Å². The standard InChI is InChI=1S/C20H26N4O6S2/c1-13(25)21-15-9-10-18(23-31(5,27)28)17(12-15)19(26)22-14-7-6-8-16(11-14)32(29,30)24-20(2,3)4/h6-12,23-24H,1-5H3,(H,21,25)(H,22,26). The number of carbonyl (C=O) groups is 2. The third-order valence-electron chi connectivity index (χ3n) is 3.72. The van der Waals surface area contributed by atoms with Gasteiger partial charge in [0.2, 0.25) is 26.0 Å². The van der Waals surface area contributed by atoms with Gasteiger partial charge in [-0.25, -0.2) is 21.6 Å². The molecule has 0 radical (unpaired) electrons. The van der Waals surface area contributed by atoms with Gasteiger partial charge in [0.05, 0.1) is 22.4 Å². The molecule has 4 N–H and O–H groups in total. The van der Waals surface area contributed by atoms with E-state index in [0.717, 1.165) is 6.26 Å². The summed E-state index contributed by atoms with van der Waals surface area (Å²) in [6.45, 7) is 6.40. The summed E-state index contributed by atoms with van der Waals surface area (Å²) in [5.74, 6) is -1.08. The third kappa shape index (κ3) is 7.62. The number of amides is 2. The lowest BCUT2D eigenvalue weighted by atomic mass is 10.1. The second kappa shape index (κ2) is 9.27. The SMILES string of the molecule is CC(=O)Nc1ccc(NS(C)(=O)=O)c(C(=O)Nc2cccc(S(=O)(=O)NC(C)(C)C)c2)c1. The molecule has 0 aliphatic heterocycles. The van der Waals surface area contributed by atoms with E-state index in [1.807, 2.05) is 0 Å². The van der Waals surface area contributed by atoms with Crippen molar-refractivity contribution in [3.63, 3.8) is 0 Å². The molecule has 10 nitrogen and oxygen atoms in total. The van der Waals surface area contributed by atoms with Crippen molar-refractivity contribution in [3.8, 4) is 0 Å². The van der Waals surface area contributed by atoms with Crippen molar-refractivity contribution in [1.29, 1.82) is 0 Å². The first kappa shape index (κ1) is 25.3. The van der Waals surface area contributed by atoms with Gasteiger partial charge in [-0.3, -0.25) is 14.3 Å². The molecular weight excluding hydrogens is 456 g/mol. The molecule has 0 heterocycles. The van der Waals surface area contributed by atoms with Crippen LogP contribution < -0.4 is 20.1 Å². The highest BCUT2D eigenvalue weighted by atomic mass is 32.2. The summed E-state index contributed by atoms with van der Waals surface area (Å²) in [4.78, 5) is 24.2. The Morgan fingerprint density at radius 3 is 2.06 bits per heavy atom. The number of anilines is 3. The molecule has 2 rings (SSSR count). The van der Waals surface area contributed by atoms with Gasteiger partial charge in [-0.2, -0.15) is 0 Å². The van der Waals surface area contributed by atoms with Gasteiger partial charge in [0, 0.05) is 23.8 Å². The maximum atomic E-state index is 12.9. The molecule has 0 saturated heterocycles. The lowest BCUT2D eigenvalue weighted by Crippen LogP contribution is -2.40. The maximum absolute atomic E-state index is 12.9. The van der Waals surface area contributed by atoms with E-state index in [9.17, 15) is 26.4 Å². The fourth-order valence-electron chi connectivity index (χ4n) is 2.70. The monoisotopic (exact) mass is 482 g/mol. The topological polar surface area (TPSA) is 151 Å². The molecule has 0 spiro atoms. The van der Waals surface area contributed by atoms with Crippen LogP contribution in [0.2, 0.25) is 0 Å². The normalized spacial score (nSPS) is 12.2. The second-order valence-electron chi connectivity index (χ2n) is 8.15. The highest BCUT2D eigenvalue weighted by molar-refractivity contribution is 7.92. The van der Waals surface area contributed by atoms with E-state index in [2.05, 4.69) is 20.1 Å². The highest BCUT2D eigenvalue weighted by Crippen LogP contribution is 2.24. The Hall–Kier alpha value is -2.96. The summed E-state index contributed by atoms with van der Waals surface area (Å²) in [5.41, 5.74) is -0.302. The van der Waals surface area contributed by atoms with Gasteiger partial charge in [0.1, 0.15) is 0 Å². The van der Waals surface area contributed by atoms with Gasteiger partial charge < -0.3 is 10.6 Å². The van der Waals surface area contributed by atoms with Gasteiger partial charge in [-0.15, -0.1) is 0 Å². The Kier molecular flexibility index (Phi) is 7.33. The quantitative estimate of drug-likeness (QED) is 0.476. The predicted molar refractivity (Wildman–Crippen MR) is 124 cm³/mol. The van der Waals surface area contributed by atoms with Crippen molar-refractivity contribution in [2.75, 3.05) is 21.6 Å². The minimum Gasteiger partial charge on any atom is -0.326 e. The fourth-order valence-corrected chi connectivity index (χ4v) is 4.74. The number of rotatable bonds is 7. The van der Waals surface area contributed by atoms with Crippen LogP contribution in [0.5, 0.6) is 0 Å². The van der Waals surface area contributed by atoms with E-state index in [-0.39, 0.29) is 33.4 Å². The number of benzene rings is 2. The van der Waals surface area contributed by atoms with E-state index < -0.39 is 31.5 Å². The molecular formula is C20H26N4O6S2. The second-order valence-corrected chi connectivity index (χ2v) is 11.6. The van der Waals surface area contributed by atoms with Crippen molar-refractivity contribution < 1.29 is 26.4 Å². The average molecular weight is 483 g/mol. The first-order valence-electron chi connectivity index (χ1n) is 9.40. The molecule has 174 valence electrons. The highest BCUT2D eigenvalue weighted by Gasteiger charge is 2.23. The molecule has 0 aliphatic carbocycles. The zero-order valence-electron chi connectivity index (χ0n) is 18.3. The number of sulfonamides is 2. The Morgan fingerprint density at radius 2 is 1.50 bits per heavy atom. The molecule has 2 amide bonds. The Balaban J connectivity index is 2.40. The van der Waals surface area contributed by atoms with Crippen LogP contribution in [0.1, 0.15) is 38.1 Å². The molecule has 32 heavy (non-hydrogen) atoms. The number of carbonyl (C=O) groups excluding carboxylic acids is 2. The molecule has 0 bridgehead atoms. The number of hydrogen-bond acceptors (Lipinski definition) is 6. The predicted octanol–water partition coefficient (Wildman–Crippen LogP) is 2.35. The third-order valence-corrected chi connectivity index (χ3v) is 6.07.